The highest BCUT2D eigenvalue weighted by atomic mass is 32.1. The van der Waals surface area contributed by atoms with Crippen LogP contribution in [0.4, 0.5) is 0 Å². The number of nitrogens with zero attached hydrogens (tertiary/aromatic N) is 2. The standard InChI is InChI=1S/C14H22N2OS/c1-16-7-2-4-11(8-16)13-15-12(9-18-13)14(10-17)5-3-6-14/h9,11,17H,2-8,10H2,1H3. The van der Waals surface area contributed by atoms with E-state index in [1.54, 1.807) is 11.3 Å². The van der Waals surface area contributed by atoms with Crippen LogP contribution in [0.25, 0.3) is 0 Å². The molecule has 1 aromatic rings. The molecular formula is C14H22N2OS. The molecule has 2 heterocycles. The second kappa shape index (κ2) is 4.91. The smallest absolute Gasteiger partial charge is 0.0972 e. The van der Waals surface area contributed by atoms with E-state index in [-0.39, 0.29) is 12.0 Å². The van der Waals surface area contributed by atoms with Crippen molar-refractivity contribution in [2.75, 3.05) is 26.7 Å². The molecule has 0 spiro atoms. The molecule has 3 rings (SSSR count). The van der Waals surface area contributed by atoms with Crippen LogP contribution in [0, 0.1) is 0 Å². The van der Waals surface area contributed by atoms with Crippen LogP contribution in [0.15, 0.2) is 5.38 Å². The van der Waals surface area contributed by atoms with E-state index < -0.39 is 0 Å². The molecule has 1 saturated heterocycles. The Morgan fingerprint density at radius 1 is 1.50 bits per heavy atom. The first-order chi connectivity index (χ1) is 8.73. The first-order valence-corrected chi connectivity index (χ1v) is 7.87. The number of hydrogen-bond acceptors (Lipinski definition) is 4. The maximum Gasteiger partial charge on any atom is 0.0972 e. The van der Waals surface area contributed by atoms with E-state index in [2.05, 4.69) is 17.3 Å². The molecule has 100 valence electrons. The van der Waals surface area contributed by atoms with Crippen LogP contribution in [0.5, 0.6) is 0 Å². The summed E-state index contributed by atoms with van der Waals surface area (Å²) in [6.07, 6.45) is 6.00. The predicted octanol–water partition coefficient (Wildman–Crippen LogP) is 2.37. The lowest BCUT2D eigenvalue weighted by Gasteiger charge is -2.38. The third kappa shape index (κ3) is 2.10. The van der Waals surface area contributed by atoms with Crippen molar-refractivity contribution in [2.24, 2.45) is 0 Å². The van der Waals surface area contributed by atoms with Crippen molar-refractivity contribution < 1.29 is 5.11 Å². The topological polar surface area (TPSA) is 36.4 Å². The van der Waals surface area contributed by atoms with Crippen molar-refractivity contribution in [3.63, 3.8) is 0 Å². The number of hydrogen-bond donors (Lipinski definition) is 1. The van der Waals surface area contributed by atoms with Gasteiger partial charge in [0.15, 0.2) is 0 Å². The summed E-state index contributed by atoms with van der Waals surface area (Å²) in [5.41, 5.74) is 1.17. The van der Waals surface area contributed by atoms with E-state index in [0.29, 0.717) is 5.92 Å². The Morgan fingerprint density at radius 3 is 2.94 bits per heavy atom. The van der Waals surface area contributed by atoms with Gasteiger partial charge in [-0.15, -0.1) is 11.3 Å². The molecule has 2 aliphatic rings. The van der Waals surface area contributed by atoms with Crippen LogP contribution in [0.2, 0.25) is 0 Å². The lowest BCUT2D eigenvalue weighted by atomic mass is 9.67. The quantitative estimate of drug-likeness (QED) is 0.912. The van der Waals surface area contributed by atoms with Crippen LogP contribution in [-0.2, 0) is 5.41 Å². The summed E-state index contributed by atoms with van der Waals surface area (Å²) < 4.78 is 0. The normalized spacial score (nSPS) is 28.0. The predicted molar refractivity (Wildman–Crippen MR) is 74.2 cm³/mol. The zero-order valence-electron chi connectivity index (χ0n) is 11.1. The Bertz CT molecular complexity index is 408. The largest absolute Gasteiger partial charge is 0.395 e. The van der Waals surface area contributed by atoms with Gasteiger partial charge in [0.25, 0.3) is 0 Å². The average molecular weight is 266 g/mol. The number of aliphatic hydroxyl groups is 1. The van der Waals surface area contributed by atoms with Gasteiger partial charge in [0.1, 0.15) is 0 Å². The number of thiazole rings is 1. The van der Waals surface area contributed by atoms with Crippen LogP contribution < -0.4 is 0 Å². The highest BCUT2D eigenvalue weighted by Crippen LogP contribution is 2.44. The minimum absolute atomic E-state index is 0.00924. The van der Waals surface area contributed by atoms with E-state index in [1.807, 2.05) is 0 Å². The number of likely N-dealkylation sites (tertiary alicyclic amines) is 1. The molecule has 1 aliphatic heterocycles. The molecule has 0 aromatic carbocycles. The third-order valence-electron chi connectivity index (χ3n) is 4.65. The van der Waals surface area contributed by atoms with Gasteiger partial charge in [0.2, 0.25) is 0 Å². The van der Waals surface area contributed by atoms with Crippen LogP contribution in [0.3, 0.4) is 0 Å². The van der Waals surface area contributed by atoms with Crippen molar-refractivity contribution in [2.45, 2.75) is 43.4 Å². The van der Waals surface area contributed by atoms with Gasteiger partial charge < -0.3 is 10.0 Å². The Labute approximate surface area is 113 Å². The number of aliphatic hydroxyl groups excluding tert-OH is 1. The number of rotatable bonds is 3. The molecule has 1 unspecified atom stereocenters. The molecule has 1 atom stereocenters. The first kappa shape index (κ1) is 12.6. The fourth-order valence-corrected chi connectivity index (χ4v) is 4.26. The molecule has 0 amide bonds. The van der Waals surface area contributed by atoms with E-state index in [9.17, 15) is 5.11 Å². The highest BCUT2D eigenvalue weighted by Gasteiger charge is 2.40. The van der Waals surface area contributed by atoms with Gasteiger partial charge in [-0.2, -0.15) is 0 Å². The molecule has 1 aliphatic carbocycles. The molecule has 3 nitrogen and oxygen atoms in total. The van der Waals surface area contributed by atoms with Gasteiger partial charge in [-0.3, -0.25) is 0 Å². The Balaban J connectivity index is 1.76. The van der Waals surface area contributed by atoms with E-state index >= 15 is 0 Å². The number of piperidine rings is 1. The summed E-state index contributed by atoms with van der Waals surface area (Å²) >= 11 is 1.80. The Morgan fingerprint density at radius 2 is 2.33 bits per heavy atom. The zero-order chi connectivity index (χ0) is 12.6. The molecule has 18 heavy (non-hydrogen) atoms. The van der Waals surface area contributed by atoms with Gasteiger partial charge >= 0.3 is 0 Å². The van der Waals surface area contributed by atoms with Crippen molar-refractivity contribution in [3.8, 4) is 0 Å². The SMILES string of the molecule is CN1CCCC(c2nc(C3(CO)CCC3)cs2)C1. The summed E-state index contributed by atoms with van der Waals surface area (Å²) in [5, 5.41) is 13.1. The van der Waals surface area contributed by atoms with E-state index in [4.69, 9.17) is 4.98 Å². The van der Waals surface area contributed by atoms with Gasteiger partial charge in [0.05, 0.1) is 17.3 Å². The van der Waals surface area contributed by atoms with Gasteiger partial charge in [-0.05, 0) is 39.3 Å². The first-order valence-electron chi connectivity index (χ1n) is 6.99. The van der Waals surface area contributed by atoms with Gasteiger partial charge in [-0.1, -0.05) is 6.42 Å². The summed E-state index contributed by atoms with van der Waals surface area (Å²) in [5.74, 6) is 0.610. The van der Waals surface area contributed by atoms with E-state index in [1.165, 1.54) is 30.8 Å². The molecular weight excluding hydrogens is 244 g/mol. The lowest BCUT2D eigenvalue weighted by Crippen LogP contribution is -2.38. The van der Waals surface area contributed by atoms with Gasteiger partial charge in [0, 0.05) is 23.3 Å². The monoisotopic (exact) mass is 266 g/mol. The summed E-state index contributed by atoms with van der Waals surface area (Å²) in [7, 11) is 2.20. The second-order valence-electron chi connectivity index (χ2n) is 5.96. The average Bonchev–Trinajstić information content (AvgIpc) is 2.78. The third-order valence-corrected chi connectivity index (χ3v) is 5.66. The zero-order valence-corrected chi connectivity index (χ0v) is 11.9. The summed E-state index contributed by atoms with van der Waals surface area (Å²) in [6, 6.07) is 0. The molecule has 1 aromatic heterocycles. The highest BCUT2D eigenvalue weighted by molar-refractivity contribution is 7.09. The lowest BCUT2D eigenvalue weighted by molar-refractivity contribution is 0.116. The van der Waals surface area contributed by atoms with E-state index in [0.717, 1.165) is 25.1 Å². The molecule has 0 bridgehead atoms. The van der Waals surface area contributed by atoms with Crippen molar-refractivity contribution in [1.29, 1.82) is 0 Å². The molecule has 1 saturated carbocycles. The van der Waals surface area contributed by atoms with Gasteiger partial charge in [-0.25, -0.2) is 4.98 Å². The maximum atomic E-state index is 9.61. The minimum atomic E-state index is 0.00924. The molecule has 0 radical (unpaired) electrons. The minimum Gasteiger partial charge on any atom is -0.395 e. The molecule has 4 heteroatoms. The molecule has 1 N–H and O–H groups in total. The number of likely N-dealkylation sites (N-methyl/N-ethyl adjacent to an activating group) is 1. The van der Waals surface area contributed by atoms with Crippen LogP contribution in [-0.4, -0.2) is 41.7 Å². The van der Waals surface area contributed by atoms with Crippen LogP contribution in [0.1, 0.15) is 48.7 Å². The Hall–Kier alpha value is -0.450. The Kier molecular flexibility index (Phi) is 3.43. The van der Waals surface area contributed by atoms with Crippen molar-refractivity contribution >= 4 is 11.3 Å². The second-order valence-corrected chi connectivity index (χ2v) is 6.85. The number of aromatic nitrogens is 1. The fourth-order valence-electron chi connectivity index (χ4n) is 3.19. The molecule has 2 fully saturated rings. The fraction of sp³-hybridized carbons (Fsp3) is 0.786. The van der Waals surface area contributed by atoms with Crippen molar-refractivity contribution in [1.82, 2.24) is 9.88 Å². The summed E-state index contributed by atoms with van der Waals surface area (Å²) in [4.78, 5) is 7.27. The van der Waals surface area contributed by atoms with Crippen LogP contribution >= 0.6 is 11.3 Å². The van der Waals surface area contributed by atoms with Crippen molar-refractivity contribution in [3.05, 3.63) is 16.1 Å². The maximum absolute atomic E-state index is 9.61. The summed E-state index contributed by atoms with van der Waals surface area (Å²) in [6.45, 7) is 2.62.